The number of hydrogen-bond donors (Lipinski definition) is 2. The second kappa shape index (κ2) is 7.80. The molecule has 1 aromatic rings. The predicted molar refractivity (Wildman–Crippen MR) is 96.2 cm³/mol. The van der Waals surface area contributed by atoms with Gasteiger partial charge in [-0.2, -0.15) is 0 Å². The van der Waals surface area contributed by atoms with Gasteiger partial charge in [0.25, 0.3) is 5.69 Å². The predicted octanol–water partition coefficient (Wildman–Crippen LogP) is 3.59. The molecule has 2 aliphatic rings. The average Bonchev–Trinajstić information content (AvgIpc) is 2.60. The fraction of sp³-hybridized carbons (Fsp3) is 0.647. The third kappa shape index (κ3) is 3.73. The van der Waals surface area contributed by atoms with Crippen molar-refractivity contribution < 1.29 is 10.0 Å². The van der Waals surface area contributed by atoms with Gasteiger partial charge in [0.05, 0.1) is 9.40 Å². The molecule has 2 fully saturated rings. The molecule has 0 unspecified atom stereocenters. The lowest BCUT2D eigenvalue weighted by atomic mass is 9.79. The molecule has 6 nitrogen and oxygen atoms in total. The summed E-state index contributed by atoms with van der Waals surface area (Å²) in [6.07, 6.45) is 5.90. The van der Waals surface area contributed by atoms with Gasteiger partial charge in [-0.05, 0) is 34.7 Å². The van der Waals surface area contributed by atoms with Crippen LogP contribution < -0.4 is 5.32 Å². The summed E-state index contributed by atoms with van der Waals surface area (Å²) in [4.78, 5) is 13.3. The number of nitrogens with one attached hydrogen (secondary N) is 1. The van der Waals surface area contributed by atoms with E-state index in [9.17, 15) is 15.2 Å². The lowest BCUT2D eigenvalue weighted by Gasteiger charge is -2.41. The number of phenols is 1. The minimum absolute atomic E-state index is 0.0330. The fourth-order valence-corrected chi connectivity index (χ4v) is 4.56. The van der Waals surface area contributed by atoms with Gasteiger partial charge in [-0.1, -0.05) is 19.3 Å². The van der Waals surface area contributed by atoms with E-state index in [-0.39, 0.29) is 22.4 Å². The molecule has 1 aliphatic carbocycles. The minimum Gasteiger partial charge on any atom is -0.506 e. The zero-order chi connectivity index (χ0) is 17.1. The number of aromatic hydroxyl groups is 1. The summed E-state index contributed by atoms with van der Waals surface area (Å²) >= 11 is 3.30. The van der Waals surface area contributed by atoms with E-state index in [0.717, 1.165) is 39.0 Å². The summed E-state index contributed by atoms with van der Waals surface area (Å²) in [5.41, 5.74) is 0.732. The Hall–Kier alpha value is -1.18. The van der Waals surface area contributed by atoms with Crippen LogP contribution in [0.15, 0.2) is 16.6 Å². The molecule has 1 saturated carbocycles. The number of benzene rings is 1. The number of nitrogens with zero attached hydrogens (tertiary/aromatic N) is 2. The molecule has 24 heavy (non-hydrogen) atoms. The smallest absolute Gasteiger partial charge is 0.271 e. The molecular weight excluding hydrogens is 374 g/mol. The lowest BCUT2D eigenvalue weighted by molar-refractivity contribution is -0.385. The number of halogens is 1. The molecule has 0 aromatic heterocycles. The number of piperazine rings is 1. The fourth-order valence-electron chi connectivity index (χ4n) is 4.10. The van der Waals surface area contributed by atoms with Crippen LogP contribution in [0.2, 0.25) is 0 Å². The van der Waals surface area contributed by atoms with Crippen molar-refractivity contribution in [2.24, 2.45) is 5.92 Å². The Labute approximate surface area is 150 Å². The standard InChI is InChI=1S/C17H24BrN3O3/c18-15-11-13(21(23)24)10-14(17(15)22)16(12-4-2-1-3-5-12)20-8-6-19-7-9-20/h10-12,16,19,22H,1-9H2/t16-/m0/s1. The Morgan fingerprint density at radius 3 is 2.54 bits per heavy atom. The topological polar surface area (TPSA) is 78.6 Å². The van der Waals surface area contributed by atoms with E-state index < -0.39 is 0 Å². The lowest BCUT2D eigenvalue weighted by Crippen LogP contribution is -2.47. The van der Waals surface area contributed by atoms with Gasteiger partial charge >= 0.3 is 0 Å². The van der Waals surface area contributed by atoms with Crippen LogP contribution in [0.25, 0.3) is 0 Å². The van der Waals surface area contributed by atoms with Crippen LogP contribution in [0.5, 0.6) is 5.75 Å². The van der Waals surface area contributed by atoms with E-state index in [1.165, 1.54) is 25.3 Å². The van der Waals surface area contributed by atoms with Crippen molar-refractivity contribution in [2.75, 3.05) is 26.2 Å². The Balaban J connectivity index is 2.01. The first-order valence-electron chi connectivity index (χ1n) is 8.69. The highest BCUT2D eigenvalue weighted by molar-refractivity contribution is 9.10. The number of nitro benzene ring substituents is 1. The summed E-state index contributed by atoms with van der Waals surface area (Å²) < 4.78 is 0.405. The average molecular weight is 398 g/mol. The van der Waals surface area contributed by atoms with Crippen LogP contribution >= 0.6 is 15.9 Å². The van der Waals surface area contributed by atoms with Crippen molar-refractivity contribution in [3.8, 4) is 5.75 Å². The maximum absolute atomic E-state index is 11.3. The van der Waals surface area contributed by atoms with Gasteiger partial charge in [0, 0.05) is 49.9 Å². The van der Waals surface area contributed by atoms with Crippen LogP contribution in [0.4, 0.5) is 5.69 Å². The molecule has 0 bridgehead atoms. The van der Waals surface area contributed by atoms with Crippen molar-refractivity contribution >= 4 is 21.6 Å². The van der Waals surface area contributed by atoms with Gasteiger partial charge in [-0.25, -0.2) is 0 Å². The third-order valence-corrected chi connectivity index (χ3v) is 5.85. The van der Waals surface area contributed by atoms with Crippen molar-refractivity contribution in [1.82, 2.24) is 10.2 Å². The highest BCUT2D eigenvalue weighted by Gasteiger charge is 2.34. The Morgan fingerprint density at radius 1 is 1.25 bits per heavy atom. The molecule has 3 rings (SSSR count). The van der Waals surface area contributed by atoms with Gasteiger partial charge in [0.1, 0.15) is 5.75 Å². The summed E-state index contributed by atoms with van der Waals surface area (Å²) in [6.45, 7) is 3.64. The van der Waals surface area contributed by atoms with E-state index in [4.69, 9.17) is 0 Å². The Bertz CT molecular complexity index is 581. The van der Waals surface area contributed by atoms with Crippen molar-refractivity contribution in [3.05, 3.63) is 32.3 Å². The minimum atomic E-state index is -0.386. The number of hydrogen-bond acceptors (Lipinski definition) is 5. The largest absolute Gasteiger partial charge is 0.506 e. The third-order valence-electron chi connectivity index (χ3n) is 5.25. The van der Waals surface area contributed by atoms with E-state index in [1.807, 2.05) is 0 Å². The van der Waals surface area contributed by atoms with Gasteiger partial charge in [0.15, 0.2) is 0 Å². The van der Waals surface area contributed by atoms with E-state index in [1.54, 1.807) is 6.07 Å². The highest BCUT2D eigenvalue weighted by Crippen LogP contribution is 2.45. The van der Waals surface area contributed by atoms with E-state index in [0.29, 0.717) is 16.0 Å². The maximum Gasteiger partial charge on any atom is 0.271 e. The summed E-state index contributed by atoms with van der Waals surface area (Å²) in [7, 11) is 0. The Kier molecular flexibility index (Phi) is 5.73. The zero-order valence-corrected chi connectivity index (χ0v) is 15.3. The van der Waals surface area contributed by atoms with Crippen molar-refractivity contribution in [1.29, 1.82) is 0 Å². The van der Waals surface area contributed by atoms with Gasteiger partial charge < -0.3 is 10.4 Å². The monoisotopic (exact) mass is 397 g/mol. The quantitative estimate of drug-likeness (QED) is 0.599. The molecule has 1 aliphatic heterocycles. The molecule has 0 spiro atoms. The van der Waals surface area contributed by atoms with Crippen LogP contribution in [0.1, 0.15) is 43.7 Å². The molecule has 1 saturated heterocycles. The molecule has 0 radical (unpaired) electrons. The van der Waals surface area contributed by atoms with Crippen LogP contribution in [-0.4, -0.2) is 41.1 Å². The second-order valence-electron chi connectivity index (χ2n) is 6.75. The number of rotatable bonds is 4. The molecular formula is C17H24BrN3O3. The van der Waals surface area contributed by atoms with Gasteiger partial charge in [0.2, 0.25) is 0 Å². The number of phenolic OH excluding ortho intramolecular Hbond substituents is 1. The van der Waals surface area contributed by atoms with Crippen molar-refractivity contribution in [3.63, 3.8) is 0 Å². The Morgan fingerprint density at radius 2 is 1.92 bits per heavy atom. The first-order valence-corrected chi connectivity index (χ1v) is 9.49. The number of nitro groups is 1. The van der Waals surface area contributed by atoms with Crippen LogP contribution in [0.3, 0.4) is 0 Å². The van der Waals surface area contributed by atoms with E-state index >= 15 is 0 Å². The molecule has 1 aromatic carbocycles. The summed E-state index contributed by atoms with van der Waals surface area (Å²) in [5.74, 6) is 0.589. The molecule has 7 heteroatoms. The SMILES string of the molecule is O=[N+]([O-])c1cc(Br)c(O)c([C@H](C2CCCCC2)N2CCNCC2)c1. The highest BCUT2D eigenvalue weighted by atomic mass is 79.9. The van der Waals surface area contributed by atoms with Gasteiger partial charge in [-0.15, -0.1) is 0 Å². The van der Waals surface area contributed by atoms with E-state index in [2.05, 4.69) is 26.1 Å². The van der Waals surface area contributed by atoms with Crippen LogP contribution in [-0.2, 0) is 0 Å². The first-order chi connectivity index (χ1) is 11.6. The van der Waals surface area contributed by atoms with Gasteiger partial charge in [-0.3, -0.25) is 15.0 Å². The van der Waals surface area contributed by atoms with Crippen LogP contribution in [0, 0.1) is 16.0 Å². The van der Waals surface area contributed by atoms with Crippen molar-refractivity contribution in [2.45, 2.75) is 38.1 Å². The second-order valence-corrected chi connectivity index (χ2v) is 7.61. The molecule has 0 amide bonds. The normalized spacial score (nSPS) is 21.5. The molecule has 1 atom stereocenters. The first kappa shape index (κ1) is 17.6. The summed E-state index contributed by atoms with van der Waals surface area (Å²) in [5, 5.41) is 25.3. The zero-order valence-electron chi connectivity index (χ0n) is 13.7. The maximum atomic E-state index is 11.3. The summed E-state index contributed by atoms with van der Waals surface area (Å²) in [6, 6.07) is 3.00. The molecule has 132 valence electrons. The molecule has 2 N–H and O–H groups in total. The number of non-ortho nitro benzene ring substituents is 1. The molecule has 1 heterocycles.